The summed E-state index contributed by atoms with van der Waals surface area (Å²) in [5.74, 6) is -1.27. The average Bonchev–Trinajstić information content (AvgIpc) is 2.91. The number of aromatic nitrogens is 2. The number of carbonyl (C=O) groups excluding carboxylic acids is 1. The molecule has 3 rings (SSSR count). The van der Waals surface area contributed by atoms with E-state index in [1.54, 1.807) is 18.3 Å². The minimum atomic E-state index is -1.02. The molecule has 0 atom stereocenters. The van der Waals surface area contributed by atoms with E-state index >= 15 is 0 Å². The van der Waals surface area contributed by atoms with Crippen molar-refractivity contribution in [1.29, 1.82) is 0 Å². The molecule has 0 fully saturated rings. The summed E-state index contributed by atoms with van der Waals surface area (Å²) in [4.78, 5) is 23.2. The Morgan fingerprint density at radius 2 is 2.14 bits per heavy atom. The Labute approximate surface area is 121 Å². The van der Waals surface area contributed by atoms with E-state index in [1.807, 2.05) is 4.68 Å². The molecule has 0 unspecified atom stereocenters. The number of rotatable bonds is 3. The van der Waals surface area contributed by atoms with Gasteiger partial charge in [0.2, 0.25) is 0 Å². The Hall–Kier alpha value is -2.63. The summed E-state index contributed by atoms with van der Waals surface area (Å²) in [6.07, 6.45) is 4.56. The molecule has 2 N–H and O–H groups in total. The maximum absolute atomic E-state index is 12.3. The SMILES string of the molecule is O=C(O)c1cccc(NC(=O)c2cnn3c2CCCC3)c1. The van der Waals surface area contributed by atoms with Crippen LogP contribution in [0, 0.1) is 0 Å². The number of anilines is 1. The summed E-state index contributed by atoms with van der Waals surface area (Å²) in [7, 11) is 0. The molecule has 1 amide bonds. The maximum Gasteiger partial charge on any atom is 0.335 e. The largest absolute Gasteiger partial charge is 0.478 e. The molecule has 21 heavy (non-hydrogen) atoms. The Bertz CT molecular complexity index is 706. The topological polar surface area (TPSA) is 84.2 Å². The van der Waals surface area contributed by atoms with E-state index in [2.05, 4.69) is 10.4 Å². The van der Waals surface area contributed by atoms with Crippen molar-refractivity contribution in [2.45, 2.75) is 25.8 Å². The molecule has 0 aliphatic carbocycles. The smallest absolute Gasteiger partial charge is 0.335 e. The van der Waals surface area contributed by atoms with Gasteiger partial charge < -0.3 is 10.4 Å². The monoisotopic (exact) mass is 285 g/mol. The molecule has 1 aromatic carbocycles. The van der Waals surface area contributed by atoms with Gasteiger partial charge in [-0.1, -0.05) is 6.07 Å². The van der Waals surface area contributed by atoms with Gasteiger partial charge in [0.15, 0.2) is 0 Å². The van der Waals surface area contributed by atoms with Gasteiger partial charge in [-0.2, -0.15) is 5.10 Å². The van der Waals surface area contributed by atoms with Crippen molar-refractivity contribution >= 4 is 17.6 Å². The number of carboxylic acid groups (broad SMARTS) is 1. The van der Waals surface area contributed by atoms with Gasteiger partial charge in [0.1, 0.15) is 0 Å². The lowest BCUT2D eigenvalue weighted by molar-refractivity contribution is 0.0696. The number of aryl methyl sites for hydroxylation is 1. The normalized spacial score (nSPS) is 13.5. The molecular formula is C15H15N3O3. The summed E-state index contributed by atoms with van der Waals surface area (Å²) < 4.78 is 1.87. The number of aromatic carboxylic acids is 1. The fraction of sp³-hybridized carbons (Fsp3) is 0.267. The molecule has 1 aromatic heterocycles. The molecule has 0 saturated carbocycles. The second-order valence-corrected chi connectivity index (χ2v) is 5.03. The van der Waals surface area contributed by atoms with Crippen molar-refractivity contribution in [2.75, 3.05) is 5.32 Å². The van der Waals surface area contributed by atoms with Gasteiger partial charge >= 0.3 is 5.97 Å². The van der Waals surface area contributed by atoms with Gasteiger partial charge in [-0.15, -0.1) is 0 Å². The average molecular weight is 285 g/mol. The van der Waals surface area contributed by atoms with E-state index in [4.69, 9.17) is 5.11 Å². The number of hydrogen-bond donors (Lipinski definition) is 2. The summed E-state index contributed by atoms with van der Waals surface area (Å²) in [5.41, 5.74) is 2.13. The predicted octanol–water partition coefficient (Wildman–Crippen LogP) is 2.17. The van der Waals surface area contributed by atoms with E-state index in [0.29, 0.717) is 11.3 Å². The van der Waals surface area contributed by atoms with Gasteiger partial charge in [-0.25, -0.2) is 4.79 Å². The van der Waals surface area contributed by atoms with Crippen LogP contribution in [0.2, 0.25) is 0 Å². The molecule has 108 valence electrons. The highest BCUT2D eigenvalue weighted by Gasteiger charge is 2.20. The highest BCUT2D eigenvalue weighted by molar-refractivity contribution is 6.05. The third-order valence-electron chi connectivity index (χ3n) is 3.59. The van der Waals surface area contributed by atoms with Crippen molar-refractivity contribution in [1.82, 2.24) is 9.78 Å². The van der Waals surface area contributed by atoms with Crippen molar-refractivity contribution < 1.29 is 14.7 Å². The zero-order valence-electron chi connectivity index (χ0n) is 11.4. The van der Waals surface area contributed by atoms with Crippen LogP contribution in [0.15, 0.2) is 30.5 Å². The van der Waals surface area contributed by atoms with Crippen LogP contribution in [0.25, 0.3) is 0 Å². The molecule has 0 spiro atoms. The molecule has 6 nitrogen and oxygen atoms in total. The lowest BCUT2D eigenvalue weighted by Crippen LogP contribution is -2.17. The number of nitrogens with zero attached hydrogens (tertiary/aromatic N) is 2. The van der Waals surface area contributed by atoms with E-state index < -0.39 is 5.97 Å². The van der Waals surface area contributed by atoms with Gasteiger partial charge in [0.25, 0.3) is 5.91 Å². The zero-order valence-corrected chi connectivity index (χ0v) is 11.4. The molecule has 6 heteroatoms. The predicted molar refractivity (Wildman–Crippen MR) is 76.5 cm³/mol. The lowest BCUT2D eigenvalue weighted by Gasteiger charge is -2.14. The maximum atomic E-state index is 12.3. The Kier molecular flexibility index (Phi) is 3.43. The standard InChI is InChI=1S/C15H15N3O3/c19-14(12-9-16-18-7-2-1-6-13(12)18)17-11-5-3-4-10(8-11)15(20)21/h3-5,8-9H,1-2,6-7H2,(H,17,19)(H,20,21). The van der Waals surface area contributed by atoms with Crippen LogP contribution < -0.4 is 5.32 Å². The second kappa shape index (κ2) is 5.40. The van der Waals surface area contributed by atoms with Crippen LogP contribution in [0.4, 0.5) is 5.69 Å². The third-order valence-corrected chi connectivity index (χ3v) is 3.59. The summed E-state index contributed by atoms with van der Waals surface area (Å²) >= 11 is 0. The first-order valence-electron chi connectivity index (χ1n) is 6.84. The van der Waals surface area contributed by atoms with Crippen molar-refractivity contribution in [3.8, 4) is 0 Å². The molecule has 0 bridgehead atoms. The molecule has 0 radical (unpaired) electrons. The molecule has 2 heterocycles. The van der Waals surface area contributed by atoms with Crippen LogP contribution in [0.5, 0.6) is 0 Å². The molecule has 0 saturated heterocycles. The van der Waals surface area contributed by atoms with Crippen LogP contribution in [-0.4, -0.2) is 26.8 Å². The fourth-order valence-electron chi connectivity index (χ4n) is 2.54. The van der Waals surface area contributed by atoms with Gasteiger partial charge in [0, 0.05) is 12.2 Å². The number of carboxylic acids is 1. The number of nitrogens with one attached hydrogen (secondary N) is 1. The Morgan fingerprint density at radius 1 is 1.29 bits per heavy atom. The van der Waals surface area contributed by atoms with Crippen molar-refractivity contribution in [2.24, 2.45) is 0 Å². The Balaban J connectivity index is 1.82. The van der Waals surface area contributed by atoms with Gasteiger partial charge in [-0.05, 0) is 37.5 Å². The first-order valence-corrected chi connectivity index (χ1v) is 6.84. The highest BCUT2D eigenvalue weighted by atomic mass is 16.4. The van der Waals surface area contributed by atoms with E-state index in [1.165, 1.54) is 12.1 Å². The fourth-order valence-corrected chi connectivity index (χ4v) is 2.54. The second-order valence-electron chi connectivity index (χ2n) is 5.03. The molecule has 1 aliphatic rings. The van der Waals surface area contributed by atoms with E-state index in [-0.39, 0.29) is 11.5 Å². The number of fused-ring (bicyclic) bond motifs is 1. The van der Waals surface area contributed by atoms with Crippen molar-refractivity contribution in [3.05, 3.63) is 47.3 Å². The number of carbonyl (C=O) groups is 2. The molecular weight excluding hydrogens is 270 g/mol. The first-order chi connectivity index (χ1) is 10.1. The Morgan fingerprint density at radius 3 is 2.95 bits per heavy atom. The summed E-state index contributed by atoms with van der Waals surface area (Å²) in [6.45, 7) is 0.844. The first kappa shape index (κ1) is 13.4. The van der Waals surface area contributed by atoms with E-state index in [9.17, 15) is 9.59 Å². The molecule has 2 aromatic rings. The highest BCUT2D eigenvalue weighted by Crippen LogP contribution is 2.19. The lowest BCUT2D eigenvalue weighted by atomic mass is 10.1. The summed E-state index contributed by atoms with van der Waals surface area (Å²) in [5, 5.41) is 15.9. The van der Waals surface area contributed by atoms with Gasteiger partial charge in [0.05, 0.1) is 23.0 Å². The number of benzene rings is 1. The van der Waals surface area contributed by atoms with Crippen LogP contribution in [0.1, 0.15) is 39.3 Å². The van der Waals surface area contributed by atoms with Gasteiger partial charge in [-0.3, -0.25) is 9.48 Å². The quantitative estimate of drug-likeness (QED) is 0.905. The summed E-state index contributed by atoms with van der Waals surface area (Å²) in [6, 6.07) is 6.20. The third kappa shape index (κ3) is 2.65. The number of amides is 1. The minimum Gasteiger partial charge on any atom is -0.478 e. The number of hydrogen-bond acceptors (Lipinski definition) is 3. The minimum absolute atomic E-state index is 0.143. The van der Waals surface area contributed by atoms with Crippen LogP contribution >= 0.6 is 0 Å². The van der Waals surface area contributed by atoms with E-state index in [0.717, 1.165) is 31.5 Å². The molecule has 1 aliphatic heterocycles. The zero-order chi connectivity index (χ0) is 14.8. The van der Waals surface area contributed by atoms with Crippen LogP contribution in [0.3, 0.4) is 0 Å². The van der Waals surface area contributed by atoms with Crippen molar-refractivity contribution in [3.63, 3.8) is 0 Å². The van der Waals surface area contributed by atoms with Crippen LogP contribution in [-0.2, 0) is 13.0 Å².